The Morgan fingerprint density at radius 3 is 2.14 bits per heavy atom. The highest BCUT2D eigenvalue weighted by Crippen LogP contribution is 2.20. The molecule has 1 N–H and O–H groups in total. The number of unbranched alkanes of at least 4 members (excludes halogenated alkanes) is 1. The first-order valence-corrected chi connectivity index (χ1v) is 8.72. The van der Waals surface area contributed by atoms with Gasteiger partial charge in [0.15, 0.2) is 0 Å². The van der Waals surface area contributed by atoms with Crippen molar-refractivity contribution in [3.05, 3.63) is 60.2 Å². The van der Waals surface area contributed by atoms with Crippen molar-refractivity contribution in [2.75, 3.05) is 6.54 Å². The van der Waals surface area contributed by atoms with Crippen LogP contribution in [0.1, 0.15) is 30.1 Å². The van der Waals surface area contributed by atoms with Gasteiger partial charge in [-0.1, -0.05) is 31.5 Å². The average Bonchev–Trinajstić information content (AvgIpc) is 2.56. The van der Waals surface area contributed by atoms with Crippen molar-refractivity contribution in [1.29, 1.82) is 0 Å². The van der Waals surface area contributed by atoms with Gasteiger partial charge in [-0.05, 0) is 42.8 Å². The lowest BCUT2D eigenvalue weighted by molar-refractivity contribution is 0.0953. The number of rotatable bonds is 6. The van der Waals surface area contributed by atoms with Crippen LogP contribution in [0.25, 0.3) is 0 Å². The van der Waals surface area contributed by atoms with Crippen LogP contribution in [0.4, 0.5) is 0 Å². The van der Waals surface area contributed by atoms with Crippen molar-refractivity contribution in [3.63, 3.8) is 0 Å². The maximum atomic E-state index is 12.4. The molecule has 2 rings (SSSR count). The van der Waals surface area contributed by atoms with Gasteiger partial charge in [0.05, 0.1) is 9.79 Å². The zero-order valence-electron chi connectivity index (χ0n) is 12.5. The van der Waals surface area contributed by atoms with Crippen LogP contribution in [-0.2, 0) is 9.84 Å². The molecule has 0 saturated heterocycles. The number of carbonyl (C=O) groups excluding carboxylic acids is 1. The Balaban J connectivity index is 2.17. The van der Waals surface area contributed by atoms with Gasteiger partial charge in [-0.2, -0.15) is 0 Å². The molecule has 0 aromatic heterocycles. The maximum Gasteiger partial charge on any atom is 0.251 e. The van der Waals surface area contributed by atoms with Gasteiger partial charge >= 0.3 is 0 Å². The summed E-state index contributed by atoms with van der Waals surface area (Å²) in [6.45, 7) is 2.68. The zero-order chi connectivity index (χ0) is 16.0. The highest BCUT2D eigenvalue weighted by atomic mass is 32.2. The molecule has 2 aromatic rings. The van der Waals surface area contributed by atoms with E-state index < -0.39 is 9.84 Å². The predicted octanol–water partition coefficient (Wildman–Crippen LogP) is 3.05. The van der Waals surface area contributed by atoms with Crippen molar-refractivity contribution in [2.24, 2.45) is 0 Å². The van der Waals surface area contributed by atoms with Gasteiger partial charge in [0, 0.05) is 12.1 Å². The minimum absolute atomic E-state index is 0.183. The smallest absolute Gasteiger partial charge is 0.251 e. The Bertz CT molecular complexity index is 722. The summed E-state index contributed by atoms with van der Waals surface area (Å²) in [5.41, 5.74) is 0.461. The van der Waals surface area contributed by atoms with E-state index in [4.69, 9.17) is 0 Å². The molecule has 0 atom stereocenters. The van der Waals surface area contributed by atoms with Gasteiger partial charge in [-0.3, -0.25) is 4.79 Å². The molecule has 0 spiro atoms. The van der Waals surface area contributed by atoms with Crippen LogP contribution >= 0.6 is 0 Å². The predicted molar refractivity (Wildman–Crippen MR) is 85.6 cm³/mol. The number of nitrogens with one attached hydrogen (secondary N) is 1. The highest BCUT2D eigenvalue weighted by molar-refractivity contribution is 7.91. The summed E-state index contributed by atoms with van der Waals surface area (Å²) in [5.74, 6) is -0.183. The average molecular weight is 317 g/mol. The van der Waals surface area contributed by atoms with Gasteiger partial charge in [-0.25, -0.2) is 8.42 Å². The molecule has 0 fully saturated rings. The van der Waals surface area contributed by atoms with E-state index in [2.05, 4.69) is 12.2 Å². The summed E-state index contributed by atoms with van der Waals surface area (Å²) >= 11 is 0. The van der Waals surface area contributed by atoms with Crippen LogP contribution in [0.5, 0.6) is 0 Å². The Labute approximate surface area is 131 Å². The molecule has 116 valence electrons. The molecule has 0 bridgehead atoms. The number of hydrogen-bond acceptors (Lipinski definition) is 3. The minimum Gasteiger partial charge on any atom is -0.352 e. The first kappa shape index (κ1) is 16.2. The Morgan fingerprint density at radius 1 is 0.955 bits per heavy atom. The lowest BCUT2D eigenvalue weighted by Gasteiger charge is -2.07. The fraction of sp³-hybridized carbons (Fsp3) is 0.235. The maximum absolute atomic E-state index is 12.4. The summed E-state index contributed by atoms with van der Waals surface area (Å²) in [4.78, 5) is 12.3. The fourth-order valence-corrected chi connectivity index (χ4v) is 3.28. The topological polar surface area (TPSA) is 63.2 Å². The fourth-order valence-electron chi connectivity index (χ4n) is 2.00. The summed E-state index contributed by atoms with van der Waals surface area (Å²) in [6, 6.07) is 14.3. The highest BCUT2D eigenvalue weighted by Gasteiger charge is 2.17. The van der Waals surface area contributed by atoms with Gasteiger partial charge in [0.1, 0.15) is 0 Å². The van der Waals surface area contributed by atoms with E-state index in [0.29, 0.717) is 12.1 Å². The molecule has 0 saturated carbocycles. The molecule has 4 nitrogen and oxygen atoms in total. The van der Waals surface area contributed by atoms with Gasteiger partial charge in [0.2, 0.25) is 9.84 Å². The summed E-state index contributed by atoms with van der Waals surface area (Å²) in [6.07, 6.45) is 1.93. The Morgan fingerprint density at radius 2 is 1.55 bits per heavy atom. The third-order valence-corrected chi connectivity index (χ3v) is 5.08. The van der Waals surface area contributed by atoms with Crippen LogP contribution in [0.15, 0.2) is 64.4 Å². The van der Waals surface area contributed by atoms with E-state index in [9.17, 15) is 13.2 Å². The first-order chi connectivity index (χ1) is 10.6. The molecule has 0 aliphatic rings. The Kier molecular flexibility index (Phi) is 5.33. The largest absolute Gasteiger partial charge is 0.352 e. The number of hydrogen-bond donors (Lipinski definition) is 1. The number of amides is 1. The van der Waals surface area contributed by atoms with E-state index in [1.54, 1.807) is 30.3 Å². The summed E-state index contributed by atoms with van der Waals surface area (Å²) in [5, 5.41) is 2.80. The van der Waals surface area contributed by atoms with Crippen molar-refractivity contribution < 1.29 is 13.2 Å². The molecular weight excluding hydrogens is 298 g/mol. The van der Waals surface area contributed by atoms with Crippen LogP contribution in [0.2, 0.25) is 0 Å². The van der Waals surface area contributed by atoms with Gasteiger partial charge in [-0.15, -0.1) is 0 Å². The zero-order valence-corrected chi connectivity index (χ0v) is 13.3. The van der Waals surface area contributed by atoms with Gasteiger partial charge < -0.3 is 5.32 Å². The van der Waals surface area contributed by atoms with Crippen molar-refractivity contribution >= 4 is 15.7 Å². The van der Waals surface area contributed by atoms with E-state index in [0.717, 1.165) is 12.8 Å². The second kappa shape index (κ2) is 7.22. The number of carbonyl (C=O) groups is 1. The van der Waals surface area contributed by atoms with E-state index in [1.807, 2.05) is 0 Å². The SMILES string of the molecule is CCCCNC(=O)c1ccc(S(=O)(=O)c2ccccc2)cc1. The standard InChI is InChI=1S/C17H19NO3S/c1-2-3-13-18-17(19)14-9-11-16(12-10-14)22(20,21)15-7-5-4-6-8-15/h4-12H,2-3,13H2,1H3,(H,18,19). The lowest BCUT2D eigenvalue weighted by atomic mass is 10.2. The monoisotopic (exact) mass is 317 g/mol. The molecule has 0 unspecified atom stereocenters. The Hall–Kier alpha value is -2.14. The molecule has 22 heavy (non-hydrogen) atoms. The van der Waals surface area contributed by atoms with Crippen LogP contribution < -0.4 is 5.32 Å². The molecule has 0 aliphatic carbocycles. The van der Waals surface area contributed by atoms with E-state index in [1.165, 1.54) is 24.3 Å². The molecule has 1 amide bonds. The molecular formula is C17H19NO3S. The van der Waals surface area contributed by atoms with Crippen LogP contribution in [0.3, 0.4) is 0 Å². The second-order valence-corrected chi connectivity index (χ2v) is 6.90. The molecule has 0 heterocycles. The lowest BCUT2D eigenvalue weighted by Crippen LogP contribution is -2.24. The summed E-state index contributed by atoms with van der Waals surface area (Å²) in [7, 11) is -3.53. The number of sulfone groups is 1. The summed E-state index contributed by atoms with van der Waals surface area (Å²) < 4.78 is 24.9. The minimum atomic E-state index is -3.53. The third kappa shape index (κ3) is 3.74. The van der Waals surface area contributed by atoms with E-state index >= 15 is 0 Å². The third-order valence-electron chi connectivity index (χ3n) is 3.30. The molecule has 0 radical (unpaired) electrons. The van der Waals surface area contributed by atoms with Crippen LogP contribution in [0, 0.1) is 0 Å². The normalized spacial score (nSPS) is 11.1. The first-order valence-electron chi connectivity index (χ1n) is 7.24. The number of benzene rings is 2. The van der Waals surface area contributed by atoms with Crippen molar-refractivity contribution in [2.45, 2.75) is 29.6 Å². The van der Waals surface area contributed by atoms with Crippen LogP contribution in [-0.4, -0.2) is 20.9 Å². The van der Waals surface area contributed by atoms with Gasteiger partial charge in [0.25, 0.3) is 5.91 Å². The second-order valence-electron chi connectivity index (χ2n) is 4.95. The molecule has 0 aliphatic heterocycles. The quantitative estimate of drug-likeness (QED) is 0.833. The van der Waals surface area contributed by atoms with Crippen molar-refractivity contribution in [3.8, 4) is 0 Å². The van der Waals surface area contributed by atoms with E-state index in [-0.39, 0.29) is 15.7 Å². The van der Waals surface area contributed by atoms with Crippen molar-refractivity contribution in [1.82, 2.24) is 5.32 Å². The molecule has 5 heteroatoms. The molecule has 2 aromatic carbocycles.